The summed E-state index contributed by atoms with van der Waals surface area (Å²) in [6, 6.07) is 0. The monoisotopic (exact) mass is 169 g/mol. The number of nitrogens with two attached hydrogens (primary N) is 1. The van der Waals surface area contributed by atoms with E-state index in [1.165, 1.54) is 12.8 Å². The second-order valence-corrected chi connectivity index (χ2v) is 3.12. The van der Waals surface area contributed by atoms with Gasteiger partial charge in [-0.3, -0.25) is 4.98 Å². The van der Waals surface area contributed by atoms with E-state index < -0.39 is 0 Å². The predicted molar refractivity (Wildman–Crippen MR) is 43.4 cm³/mol. The summed E-state index contributed by atoms with van der Waals surface area (Å²) < 4.78 is 0. The molecule has 0 radical (unpaired) electrons. The van der Waals surface area contributed by atoms with Gasteiger partial charge in [-0.2, -0.15) is 0 Å². The summed E-state index contributed by atoms with van der Waals surface area (Å²) in [4.78, 5) is 8.04. The van der Waals surface area contributed by atoms with Crippen LogP contribution in [-0.4, -0.2) is 9.97 Å². The van der Waals surface area contributed by atoms with Crippen LogP contribution in [0.5, 0.6) is 0 Å². The van der Waals surface area contributed by atoms with Crippen molar-refractivity contribution in [1.29, 1.82) is 0 Å². The molecule has 1 aliphatic rings. The molecule has 2 rings (SSSR count). The Labute approximate surface area is 69.6 Å². The summed E-state index contributed by atoms with van der Waals surface area (Å²) in [7, 11) is 0. The third-order valence-corrected chi connectivity index (χ3v) is 1.95. The summed E-state index contributed by atoms with van der Waals surface area (Å²) in [5.74, 6) is 1.03. The Balaban J connectivity index is 2.39. The minimum absolute atomic E-state index is 0.368. The highest BCUT2D eigenvalue weighted by Crippen LogP contribution is 2.40. The Kier molecular flexibility index (Phi) is 1.46. The fraction of sp³-hybridized carbons (Fsp3) is 0.429. The molecule has 1 heterocycles. The topological polar surface area (TPSA) is 51.8 Å². The minimum atomic E-state index is 0.368. The highest BCUT2D eigenvalue weighted by Gasteiger charge is 2.27. The number of hydrogen-bond donors (Lipinski definition) is 1. The standard InChI is InChI=1S/C7H8ClN3/c8-5-3-10-6(4-1-2-4)7(9)11-5/h3-4H,1-2H2,(H2,9,11). The molecule has 2 N–H and O–H groups in total. The maximum atomic E-state index is 5.60. The van der Waals surface area contributed by atoms with Crippen LogP contribution < -0.4 is 5.73 Å². The molecule has 0 aliphatic heterocycles. The van der Waals surface area contributed by atoms with Crippen LogP contribution in [0.3, 0.4) is 0 Å². The Morgan fingerprint density at radius 2 is 2.27 bits per heavy atom. The number of aromatic nitrogens is 2. The quantitative estimate of drug-likeness (QED) is 0.695. The van der Waals surface area contributed by atoms with Crippen LogP contribution in [0.25, 0.3) is 0 Å². The predicted octanol–water partition coefficient (Wildman–Crippen LogP) is 1.59. The lowest BCUT2D eigenvalue weighted by atomic mass is 10.3. The van der Waals surface area contributed by atoms with Crippen molar-refractivity contribution < 1.29 is 0 Å². The molecule has 3 nitrogen and oxygen atoms in total. The van der Waals surface area contributed by atoms with E-state index in [0.717, 1.165) is 5.69 Å². The molecule has 58 valence electrons. The highest BCUT2D eigenvalue weighted by molar-refractivity contribution is 6.29. The highest BCUT2D eigenvalue weighted by atomic mass is 35.5. The SMILES string of the molecule is Nc1nc(Cl)cnc1C1CC1. The van der Waals surface area contributed by atoms with E-state index in [2.05, 4.69) is 9.97 Å². The van der Waals surface area contributed by atoms with Gasteiger partial charge in [-0.1, -0.05) is 11.6 Å². The first-order valence-electron chi connectivity index (χ1n) is 3.55. The van der Waals surface area contributed by atoms with Crippen LogP contribution in [0.2, 0.25) is 5.15 Å². The van der Waals surface area contributed by atoms with Gasteiger partial charge in [0.25, 0.3) is 0 Å². The molecule has 0 aromatic carbocycles. The van der Waals surface area contributed by atoms with E-state index in [1.54, 1.807) is 6.20 Å². The third-order valence-electron chi connectivity index (χ3n) is 1.76. The zero-order chi connectivity index (χ0) is 7.84. The molecule has 11 heavy (non-hydrogen) atoms. The molecule has 0 bridgehead atoms. The summed E-state index contributed by atoms with van der Waals surface area (Å²) in [6.07, 6.45) is 3.91. The van der Waals surface area contributed by atoms with Gasteiger partial charge in [-0.25, -0.2) is 4.98 Å². The molecule has 0 saturated heterocycles. The van der Waals surface area contributed by atoms with Crippen molar-refractivity contribution in [1.82, 2.24) is 9.97 Å². The van der Waals surface area contributed by atoms with Crippen molar-refractivity contribution in [3.05, 3.63) is 17.0 Å². The summed E-state index contributed by atoms with van der Waals surface area (Å²) in [5, 5.41) is 0.368. The van der Waals surface area contributed by atoms with Gasteiger partial charge < -0.3 is 5.73 Å². The minimum Gasteiger partial charge on any atom is -0.382 e. The lowest BCUT2D eigenvalue weighted by molar-refractivity contribution is 0.998. The third kappa shape index (κ3) is 1.28. The molecule has 1 aromatic rings. The average Bonchev–Trinajstić information content (AvgIpc) is 2.70. The number of hydrogen-bond acceptors (Lipinski definition) is 3. The van der Waals surface area contributed by atoms with Crippen molar-refractivity contribution in [3.63, 3.8) is 0 Å². The van der Waals surface area contributed by atoms with E-state index in [1.807, 2.05) is 0 Å². The van der Waals surface area contributed by atoms with E-state index in [-0.39, 0.29) is 0 Å². The Bertz CT molecular complexity index is 283. The molecule has 1 fully saturated rings. The molecule has 1 aromatic heterocycles. The van der Waals surface area contributed by atoms with Crippen molar-refractivity contribution in [2.24, 2.45) is 0 Å². The van der Waals surface area contributed by atoms with E-state index in [0.29, 0.717) is 16.9 Å². The van der Waals surface area contributed by atoms with Gasteiger partial charge in [0.05, 0.1) is 11.9 Å². The average molecular weight is 170 g/mol. The summed E-state index contributed by atoms with van der Waals surface area (Å²) in [6.45, 7) is 0. The molecule has 1 saturated carbocycles. The van der Waals surface area contributed by atoms with Gasteiger partial charge >= 0.3 is 0 Å². The van der Waals surface area contributed by atoms with Crippen LogP contribution in [0, 0.1) is 0 Å². The van der Waals surface area contributed by atoms with Crippen LogP contribution in [0.15, 0.2) is 6.20 Å². The normalized spacial score (nSPS) is 16.8. The Morgan fingerprint density at radius 1 is 1.55 bits per heavy atom. The first kappa shape index (κ1) is 6.85. The number of anilines is 1. The molecule has 1 aliphatic carbocycles. The molecule has 0 amide bonds. The molecular weight excluding hydrogens is 162 g/mol. The van der Waals surface area contributed by atoms with Gasteiger partial charge in [-0.05, 0) is 12.8 Å². The first-order chi connectivity index (χ1) is 5.27. The van der Waals surface area contributed by atoms with Crippen molar-refractivity contribution in [3.8, 4) is 0 Å². The van der Waals surface area contributed by atoms with Crippen molar-refractivity contribution >= 4 is 17.4 Å². The second kappa shape index (κ2) is 2.34. The molecule has 0 spiro atoms. The maximum absolute atomic E-state index is 5.60. The largest absolute Gasteiger partial charge is 0.382 e. The summed E-state index contributed by atoms with van der Waals surface area (Å²) >= 11 is 5.59. The van der Waals surface area contributed by atoms with Gasteiger partial charge in [0.15, 0.2) is 0 Å². The van der Waals surface area contributed by atoms with Gasteiger partial charge in [-0.15, -0.1) is 0 Å². The van der Waals surface area contributed by atoms with Crippen molar-refractivity contribution in [2.75, 3.05) is 5.73 Å². The molecule has 0 atom stereocenters. The van der Waals surface area contributed by atoms with Crippen LogP contribution in [-0.2, 0) is 0 Å². The molecule has 4 heteroatoms. The van der Waals surface area contributed by atoms with Crippen LogP contribution >= 0.6 is 11.6 Å². The van der Waals surface area contributed by atoms with E-state index >= 15 is 0 Å². The Morgan fingerprint density at radius 3 is 2.82 bits per heavy atom. The Hall–Kier alpha value is -0.830. The number of halogens is 1. The molecular formula is C7H8ClN3. The smallest absolute Gasteiger partial charge is 0.149 e. The van der Waals surface area contributed by atoms with Gasteiger partial charge in [0.1, 0.15) is 11.0 Å². The zero-order valence-corrected chi connectivity index (χ0v) is 6.67. The summed E-state index contributed by atoms with van der Waals surface area (Å²) in [5.41, 5.74) is 6.52. The number of rotatable bonds is 1. The zero-order valence-electron chi connectivity index (χ0n) is 5.92. The van der Waals surface area contributed by atoms with Crippen LogP contribution in [0.4, 0.5) is 5.82 Å². The fourth-order valence-electron chi connectivity index (χ4n) is 1.06. The second-order valence-electron chi connectivity index (χ2n) is 2.74. The van der Waals surface area contributed by atoms with Gasteiger partial charge in [0.2, 0.25) is 0 Å². The first-order valence-corrected chi connectivity index (χ1v) is 3.93. The maximum Gasteiger partial charge on any atom is 0.149 e. The van der Waals surface area contributed by atoms with E-state index in [9.17, 15) is 0 Å². The van der Waals surface area contributed by atoms with E-state index in [4.69, 9.17) is 17.3 Å². The van der Waals surface area contributed by atoms with Crippen molar-refractivity contribution in [2.45, 2.75) is 18.8 Å². The molecule has 0 unspecified atom stereocenters. The number of nitrogens with zero attached hydrogens (tertiary/aromatic N) is 2. The lowest BCUT2D eigenvalue weighted by Gasteiger charge is -2.00. The lowest BCUT2D eigenvalue weighted by Crippen LogP contribution is -1.99. The number of nitrogen functional groups attached to an aromatic ring is 1. The van der Waals surface area contributed by atoms with Crippen LogP contribution in [0.1, 0.15) is 24.5 Å². The van der Waals surface area contributed by atoms with Gasteiger partial charge in [0, 0.05) is 5.92 Å². The fourth-order valence-corrected chi connectivity index (χ4v) is 1.20.